The number of nitrogens with zero attached hydrogens (tertiary/aromatic N) is 2. The molecule has 0 amide bonds. The first-order chi connectivity index (χ1) is 12.2. The maximum absolute atomic E-state index is 11.6. The van der Waals surface area contributed by atoms with E-state index in [1.54, 1.807) is 0 Å². The number of carbonyl (C=O) groups is 1. The predicted octanol–water partition coefficient (Wildman–Crippen LogP) is 1.47. The number of hydrazine groups is 1. The second-order valence-corrected chi connectivity index (χ2v) is 6.28. The summed E-state index contributed by atoms with van der Waals surface area (Å²) in [6.45, 7) is 8.23. The summed E-state index contributed by atoms with van der Waals surface area (Å²) in [6, 6.07) is 8.38. The van der Waals surface area contributed by atoms with Crippen molar-refractivity contribution in [3.8, 4) is 0 Å². The van der Waals surface area contributed by atoms with Crippen molar-refractivity contribution in [1.29, 1.82) is 0 Å². The molecule has 0 spiro atoms. The van der Waals surface area contributed by atoms with Gasteiger partial charge in [0, 0.05) is 38.0 Å². The van der Waals surface area contributed by atoms with Crippen LogP contribution in [0.25, 0.3) is 5.57 Å². The Bertz CT molecular complexity index is 676. The fraction of sp³-hybridized carbons (Fsp3) is 0.421. The van der Waals surface area contributed by atoms with E-state index in [0.717, 1.165) is 32.0 Å². The summed E-state index contributed by atoms with van der Waals surface area (Å²) in [5.74, 6) is 0.925. The van der Waals surface area contributed by atoms with E-state index < -0.39 is 0 Å². The van der Waals surface area contributed by atoms with Gasteiger partial charge in [0.05, 0.1) is 13.2 Å². The molecule has 0 atom stereocenters. The highest BCUT2D eigenvalue weighted by atomic mass is 16.5. The van der Waals surface area contributed by atoms with Crippen molar-refractivity contribution in [2.75, 3.05) is 39.3 Å². The molecule has 1 fully saturated rings. The normalized spacial score (nSPS) is 17.9. The van der Waals surface area contributed by atoms with E-state index >= 15 is 0 Å². The first-order valence-electron chi connectivity index (χ1n) is 8.79. The number of carbonyl (C=O) groups excluding carboxylic acids is 1. The summed E-state index contributed by atoms with van der Waals surface area (Å²) in [5, 5.41) is 0. The maximum Gasteiger partial charge on any atom is 0.320 e. The number of hydrogen-bond donors (Lipinski definition) is 2. The molecular weight excluding hydrogens is 316 g/mol. The van der Waals surface area contributed by atoms with Gasteiger partial charge >= 0.3 is 5.97 Å². The summed E-state index contributed by atoms with van der Waals surface area (Å²) < 4.78 is 5.03. The van der Waals surface area contributed by atoms with E-state index in [0.29, 0.717) is 13.2 Å². The van der Waals surface area contributed by atoms with E-state index in [9.17, 15) is 4.79 Å². The van der Waals surface area contributed by atoms with Crippen molar-refractivity contribution in [1.82, 2.24) is 20.7 Å². The fourth-order valence-corrected chi connectivity index (χ4v) is 3.17. The van der Waals surface area contributed by atoms with Crippen LogP contribution >= 0.6 is 0 Å². The molecule has 2 aliphatic heterocycles. The van der Waals surface area contributed by atoms with Crippen molar-refractivity contribution in [2.24, 2.45) is 0 Å². The molecule has 0 aromatic heterocycles. The number of hydrogen-bond acceptors (Lipinski definition) is 6. The molecule has 1 aromatic rings. The smallest absolute Gasteiger partial charge is 0.320 e. The summed E-state index contributed by atoms with van der Waals surface area (Å²) in [7, 11) is 0. The Labute approximate surface area is 149 Å². The molecule has 2 aliphatic rings. The molecular formula is C19H26N4O2. The Morgan fingerprint density at radius 1 is 1.20 bits per heavy atom. The van der Waals surface area contributed by atoms with Gasteiger partial charge in [-0.2, -0.15) is 0 Å². The van der Waals surface area contributed by atoms with Gasteiger partial charge in [-0.25, -0.2) is 0 Å². The molecule has 0 bridgehead atoms. The van der Waals surface area contributed by atoms with E-state index in [-0.39, 0.29) is 5.97 Å². The van der Waals surface area contributed by atoms with Crippen molar-refractivity contribution in [2.45, 2.75) is 13.8 Å². The second kappa shape index (κ2) is 8.07. The molecule has 0 saturated carbocycles. The summed E-state index contributed by atoms with van der Waals surface area (Å²) in [4.78, 5) is 16.1. The third-order valence-corrected chi connectivity index (χ3v) is 4.55. The standard InChI is InChI=1S/C19H26N4O2/c1-3-25-19(24)14-22-8-10-23(11-9-22)18-12-16(13-20-21-18)17-7-5-4-6-15(17)2/h4-7,12-13,20-21H,3,8-11,14H2,1-2H3. The average molecular weight is 342 g/mol. The van der Waals surface area contributed by atoms with Crippen LogP contribution in [0.5, 0.6) is 0 Å². The summed E-state index contributed by atoms with van der Waals surface area (Å²) >= 11 is 0. The zero-order chi connectivity index (χ0) is 17.6. The lowest BCUT2D eigenvalue weighted by atomic mass is 10.0. The van der Waals surface area contributed by atoms with Crippen molar-refractivity contribution in [3.63, 3.8) is 0 Å². The first-order valence-corrected chi connectivity index (χ1v) is 8.79. The van der Waals surface area contributed by atoms with Crippen LogP contribution in [0.1, 0.15) is 18.1 Å². The lowest BCUT2D eigenvalue weighted by Crippen LogP contribution is -2.51. The minimum Gasteiger partial charge on any atom is -0.465 e. The molecule has 0 radical (unpaired) electrons. The van der Waals surface area contributed by atoms with Gasteiger partial charge in [-0.05, 0) is 31.1 Å². The van der Waals surface area contributed by atoms with Crippen LogP contribution in [0.2, 0.25) is 0 Å². The number of esters is 1. The summed E-state index contributed by atoms with van der Waals surface area (Å²) in [6.07, 6.45) is 4.17. The highest BCUT2D eigenvalue weighted by molar-refractivity contribution is 5.76. The first kappa shape index (κ1) is 17.4. The molecule has 6 heteroatoms. The zero-order valence-corrected chi connectivity index (χ0v) is 14.9. The van der Waals surface area contributed by atoms with E-state index in [4.69, 9.17) is 4.74 Å². The van der Waals surface area contributed by atoms with Gasteiger partial charge in [-0.15, -0.1) is 0 Å². The highest BCUT2D eigenvalue weighted by Crippen LogP contribution is 2.23. The molecule has 3 rings (SSSR count). The molecule has 2 N–H and O–H groups in total. The van der Waals surface area contributed by atoms with Crippen molar-refractivity contribution >= 4 is 11.5 Å². The third kappa shape index (κ3) is 4.33. The Balaban J connectivity index is 1.61. The van der Waals surface area contributed by atoms with Gasteiger partial charge in [0.15, 0.2) is 0 Å². The SMILES string of the molecule is CCOC(=O)CN1CCN(C2=CC(c3ccccc3C)=CNN2)CC1. The monoisotopic (exact) mass is 342 g/mol. The van der Waals surface area contributed by atoms with Crippen LogP contribution in [0.3, 0.4) is 0 Å². The minimum absolute atomic E-state index is 0.141. The molecule has 0 unspecified atom stereocenters. The van der Waals surface area contributed by atoms with Crippen molar-refractivity contribution in [3.05, 3.63) is 53.5 Å². The molecule has 25 heavy (non-hydrogen) atoms. The van der Waals surface area contributed by atoms with Crippen molar-refractivity contribution < 1.29 is 9.53 Å². The van der Waals surface area contributed by atoms with Gasteiger partial charge in [0.2, 0.25) is 0 Å². The maximum atomic E-state index is 11.6. The van der Waals surface area contributed by atoms with E-state index in [1.165, 1.54) is 16.7 Å². The molecule has 134 valence electrons. The number of benzene rings is 1. The number of piperazine rings is 1. The van der Waals surface area contributed by atoms with Gasteiger partial charge in [0.1, 0.15) is 5.82 Å². The Kier molecular flexibility index (Phi) is 5.60. The zero-order valence-electron chi connectivity index (χ0n) is 14.9. The van der Waals surface area contributed by atoms with Crippen LogP contribution in [0, 0.1) is 6.92 Å². The van der Waals surface area contributed by atoms with Crippen LogP contribution in [-0.4, -0.2) is 55.1 Å². The number of allylic oxidation sites excluding steroid dienone is 2. The van der Waals surface area contributed by atoms with Gasteiger partial charge in [-0.1, -0.05) is 24.3 Å². The minimum atomic E-state index is -0.141. The number of aryl methyl sites for hydroxylation is 1. The summed E-state index contributed by atoms with van der Waals surface area (Å²) in [5.41, 5.74) is 10.0. The number of ether oxygens (including phenoxy) is 1. The quantitative estimate of drug-likeness (QED) is 0.791. The molecule has 1 aromatic carbocycles. The van der Waals surface area contributed by atoms with Crippen LogP contribution in [-0.2, 0) is 9.53 Å². The number of nitrogens with one attached hydrogen (secondary N) is 2. The molecule has 2 heterocycles. The van der Waals surface area contributed by atoms with Crippen LogP contribution in [0.4, 0.5) is 0 Å². The average Bonchev–Trinajstić information content (AvgIpc) is 2.63. The van der Waals surface area contributed by atoms with Gasteiger partial charge in [0.25, 0.3) is 0 Å². The van der Waals surface area contributed by atoms with E-state index in [1.807, 2.05) is 13.1 Å². The number of rotatable bonds is 5. The van der Waals surface area contributed by atoms with Crippen LogP contribution < -0.4 is 10.9 Å². The van der Waals surface area contributed by atoms with Crippen LogP contribution in [0.15, 0.2) is 42.4 Å². The lowest BCUT2D eigenvalue weighted by molar-refractivity contribution is -0.144. The lowest BCUT2D eigenvalue weighted by Gasteiger charge is -2.37. The third-order valence-electron chi connectivity index (χ3n) is 4.55. The Morgan fingerprint density at radius 2 is 1.96 bits per heavy atom. The Morgan fingerprint density at radius 3 is 2.68 bits per heavy atom. The molecule has 6 nitrogen and oxygen atoms in total. The largest absolute Gasteiger partial charge is 0.465 e. The van der Waals surface area contributed by atoms with E-state index in [2.05, 4.69) is 57.9 Å². The fourth-order valence-electron chi connectivity index (χ4n) is 3.17. The topological polar surface area (TPSA) is 56.8 Å². The van der Waals surface area contributed by atoms with Gasteiger partial charge < -0.3 is 15.1 Å². The predicted molar refractivity (Wildman–Crippen MR) is 98.2 cm³/mol. The molecule has 1 saturated heterocycles. The Hall–Kier alpha value is -2.47. The van der Waals surface area contributed by atoms with Gasteiger partial charge in [-0.3, -0.25) is 15.1 Å². The highest BCUT2D eigenvalue weighted by Gasteiger charge is 2.22. The second-order valence-electron chi connectivity index (χ2n) is 6.28. The molecule has 0 aliphatic carbocycles.